The van der Waals surface area contributed by atoms with E-state index in [4.69, 9.17) is 9.84 Å². The Balaban J connectivity index is 2.23. The first-order chi connectivity index (χ1) is 11.9. The molecule has 1 heterocycles. The molecule has 0 aliphatic carbocycles. The number of nitrogens with one attached hydrogen (secondary N) is 1. The summed E-state index contributed by atoms with van der Waals surface area (Å²) < 4.78 is 6.94. The van der Waals surface area contributed by atoms with Crippen LogP contribution in [0.15, 0.2) is 24.3 Å². The number of carboxylic acid groups (broad SMARTS) is 1. The number of aryl methyl sites for hydroxylation is 1. The van der Waals surface area contributed by atoms with E-state index in [1.165, 1.54) is 25.3 Å². The van der Waals surface area contributed by atoms with Gasteiger partial charge in [0.1, 0.15) is 11.3 Å². The number of hydrogen-bond donors (Lipinski definition) is 2. The van der Waals surface area contributed by atoms with Crippen LogP contribution in [0, 0.1) is 6.92 Å². The van der Waals surface area contributed by atoms with E-state index in [1.54, 1.807) is 6.07 Å². The Kier molecular flexibility index (Phi) is 5.80. The zero-order valence-electron chi connectivity index (χ0n) is 14.9. The number of rotatable bonds is 7. The van der Waals surface area contributed by atoms with E-state index in [1.807, 2.05) is 11.6 Å². The van der Waals surface area contributed by atoms with E-state index in [2.05, 4.69) is 24.3 Å². The number of aromatic nitrogens is 2. The molecule has 0 radical (unpaired) electrons. The van der Waals surface area contributed by atoms with Crippen LogP contribution >= 0.6 is 0 Å². The van der Waals surface area contributed by atoms with Gasteiger partial charge < -0.3 is 15.2 Å². The van der Waals surface area contributed by atoms with Gasteiger partial charge in [0, 0.05) is 17.4 Å². The number of benzene rings is 1. The molecule has 0 saturated heterocycles. The third-order valence-corrected chi connectivity index (χ3v) is 4.13. The molecule has 0 unspecified atom stereocenters. The number of amides is 1. The van der Waals surface area contributed by atoms with Crippen LogP contribution in [0.1, 0.15) is 59.3 Å². The van der Waals surface area contributed by atoms with Crippen LogP contribution in [-0.2, 0) is 0 Å². The van der Waals surface area contributed by atoms with Gasteiger partial charge in [-0.15, -0.1) is 0 Å². The van der Waals surface area contributed by atoms with Gasteiger partial charge in [0.25, 0.3) is 5.91 Å². The average Bonchev–Trinajstić information content (AvgIpc) is 2.97. The van der Waals surface area contributed by atoms with Crippen LogP contribution in [0.25, 0.3) is 0 Å². The molecule has 1 amide bonds. The predicted octanol–water partition coefficient (Wildman–Crippen LogP) is 3.51. The Labute approximate surface area is 146 Å². The molecular weight excluding hydrogens is 322 g/mol. The highest BCUT2D eigenvalue weighted by Gasteiger charge is 2.17. The third kappa shape index (κ3) is 3.99. The maximum absolute atomic E-state index is 12.5. The average molecular weight is 345 g/mol. The van der Waals surface area contributed by atoms with Crippen LogP contribution in [0.5, 0.6) is 5.75 Å². The molecule has 25 heavy (non-hydrogen) atoms. The van der Waals surface area contributed by atoms with Gasteiger partial charge >= 0.3 is 5.97 Å². The highest BCUT2D eigenvalue weighted by molar-refractivity contribution is 6.03. The van der Waals surface area contributed by atoms with Crippen molar-refractivity contribution in [1.29, 1.82) is 0 Å². The van der Waals surface area contributed by atoms with Crippen molar-refractivity contribution in [2.45, 2.75) is 39.7 Å². The lowest BCUT2D eigenvalue weighted by atomic mass is 10.1. The summed E-state index contributed by atoms with van der Waals surface area (Å²) in [4.78, 5) is 23.6. The number of nitrogens with zero attached hydrogens (tertiary/aromatic N) is 2. The first-order valence-electron chi connectivity index (χ1n) is 8.20. The Bertz CT molecular complexity index is 779. The summed E-state index contributed by atoms with van der Waals surface area (Å²) in [6.45, 7) is 6.10. The monoisotopic (exact) mass is 345 g/mol. The van der Waals surface area contributed by atoms with Crippen LogP contribution in [0.4, 0.5) is 5.69 Å². The molecular formula is C18H23N3O4. The standard InChI is InChI=1S/C18H23N3O4/c1-5-13(6-2)21-11(3)9-15(20-21)17(22)19-12-7-8-14(18(23)24)16(10-12)25-4/h7-10,13H,5-6H2,1-4H3,(H,19,22)(H,23,24). The van der Waals surface area contributed by atoms with Crippen molar-refractivity contribution in [2.75, 3.05) is 12.4 Å². The van der Waals surface area contributed by atoms with Gasteiger partial charge in [-0.3, -0.25) is 9.48 Å². The fourth-order valence-electron chi connectivity index (χ4n) is 2.74. The molecule has 0 fully saturated rings. The number of carboxylic acids is 1. The molecule has 0 aliphatic heterocycles. The van der Waals surface area contributed by atoms with Crippen molar-refractivity contribution >= 4 is 17.6 Å². The normalized spacial score (nSPS) is 10.8. The van der Waals surface area contributed by atoms with Crippen molar-refractivity contribution in [3.63, 3.8) is 0 Å². The van der Waals surface area contributed by atoms with Gasteiger partial charge in [-0.05, 0) is 38.0 Å². The summed E-state index contributed by atoms with van der Waals surface area (Å²) in [5.74, 6) is -1.25. The van der Waals surface area contributed by atoms with Crippen LogP contribution < -0.4 is 10.1 Å². The highest BCUT2D eigenvalue weighted by Crippen LogP contribution is 2.24. The van der Waals surface area contributed by atoms with Crippen molar-refractivity contribution in [1.82, 2.24) is 9.78 Å². The molecule has 2 N–H and O–H groups in total. The number of methoxy groups -OCH3 is 1. The van der Waals surface area contributed by atoms with E-state index in [0.29, 0.717) is 11.4 Å². The number of carbonyl (C=O) groups is 2. The summed E-state index contributed by atoms with van der Waals surface area (Å²) >= 11 is 0. The number of carbonyl (C=O) groups excluding carboxylic acids is 1. The van der Waals surface area contributed by atoms with Gasteiger partial charge in [-0.1, -0.05) is 13.8 Å². The van der Waals surface area contributed by atoms with Crippen LogP contribution in [-0.4, -0.2) is 33.9 Å². The Hall–Kier alpha value is -2.83. The molecule has 2 aromatic rings. The summed E-state index contributed by atoms with van der Waals surface area (Å²) in [5, 5.41) is 16.2. The van der Waals surface area contributed by atoms with Crippen molar-refractivity contribution in [2.24, 2.45) is 0 Å². The Morgan fingerprint density at radius 3 is 2.52 bits per heavy atom. The fraction of sp³-hybridized carbons (Fsp3) is 0.389. The SMILES string of the molecule is CCC(CC)n1nc(C(=O)Nc2ccc(C(=O)O)c(OC)c2)cc1C. The second-order valence-electron chi connectivity index (χ2n) is 5.76. The number of ether oxygens (including phenoxy) is 1. The van der Waals surface area contributed by atoms with Crippen LogP contribution in [0.2, 0.25) is 0 Å². The Morgan fingerprint density at radius 2 is 1.96 bits per heavy atom. The lowest BCUT2D eigenvalue weighted by molar-refractivity contribution is 0.0693. The molecule has 0 atom stereocenters. The van der Waals surface area contributed by atoms with Crippen molar-refractivity contribution in [3.05, 3.63) is 41.2 Å². The van der Waals surface area contributed by atoms with Gasteiger partial charge in [0.2, 0.25) is 0 Å². The second kappa shape index (κ2) is 7.83. The summed E-state index contributed by atoms with van der Waals surface area (Å²) in [6, 6.07) is 6.40. The predicted molar refractivity (Wildman–Crippen MR) is 94.5 cm³/mol. The van der Waals surface area contributed by atoms with Gasteiger partial charge in [-0.2, -0.15) is 5.10 Å². The first-order valence-corrected chi connectivity index (χ1v) is 8.20. The molecule has 0 spiro atoms. The smallest absolute Gasteiger partial charge is 0.339 e. The third-order valence-electron chi connectivity index (χ3n) is 4.13. The second-order valence-corrected chi connectivity index (χ2v) is 5.76. The topological polar surface area (TPSA) is 93.5 Å². The minimum Gasteiger partial charge on any atom is -0.496 e. The van der Waals surface area contributed by atoms with Gasteiger partial charge in [0.05, 0.1) is 13.2 Å². The number of aromatic carboxylic acids is 1. The van der Waals surface area contributed by atoms with Crippen molar-refractivity contribution in [3.8, 4) is 5.75 Å². The Morgan fingerprint density at radius 1 is 1.28 bits per heavy atom. The maximum Gasteiger partial charge on any atom is 0.339 e. The number of anilines is 1. The van der Waals surface area contributed by atoms with E-state index in [9.17, 15) is 9.59 Å². The largest absolute Gasteiger partial charge is 0.496 e. The first kappa shape index (κ1) is 18.5. The maximum atomic E-state index is 12.5. The lowest BCUT2D eigenvalue weighted by Gasteiger charge is -2.14. The zero-order valence-corrected chi connectivity index (χ0v) is 14.9. The van der Waals surface area contributed by atoms with E-state index >= 15 is 0 Å². The van der Waals surface area contributed by atoms with Crippen LogP contribution in [0.3, 0.4) is 0 Å². The molecule has 2 rings (SSSR count). The van der Waals surface area contributed by atoms with E-state index in [0.717, 1.165) is 18.5 Å². The summed E-state index contributed by atoms with van der Waals surface area (Å²) in [7, 11) is 1.38. The zero-order chi connectivity index (χ0) is 18.6. The molecule has 7 heteroatoms. The minimum absolute atomic E-state index is 0.0364. The van der Waals surface area contributed by atoms with E-state index < -0.39 is 5.97 Å². The fourth-order valence-corrected chi connectivity index (χ4v) is 2.74. The van der Waals surface area contributed by atoms with Gasteiger partial charge in [-0.25, -0.2) is 4.79 Å². The molecule has 7 nitrogen and oxygen atoms in total. The van der Waals surface area contributed by atoms with Crippen molar-refractivity contribution < 1.29 is 19.4 Å². The lowest BCUT2D eigenvalue weighted by Crippen LogP contribution is -2.15. The summed E-state index contributed by atoms with van der Waals surface area (Å²) in [6.07, 6.45) is 1.88. The molecule has 0 bridgehead atoms. The molecule has 0 saturated carbocycles. The summed E-state index contributed by atoms with van der Waals surface area (Å²) in [5.41, 5.74) is 1.74. The van der Waals surface area contributed by atoms with E-state index in [-0.39, 0.29) is 23.3 Å². The minimum atomic E-state index is -1.09. The molecule has 1 aromatic heterocycles. The number of hydrogen-bond acceptors (Lipinski definition) is 4. The highest BCUT2D eigenvalue weighted by atomic mass is 16.5. The molecule has 134 valence electrons. The molecule has 0 aliphatic rings. The molecule has 1 aromatic carbocycles. The van der Waals surface area contributed by atoms with Gasteiger partial charge in [0.15, 0.2) is 5.69 Å². The quantitative estimate of drug-likeness (QED) is 0.801.